The zero-order chi connectivity index (χ0) is 17.1. The van der Waals surface area contributed by atoms with E-state index in [0.717, 1.165) is 35.7 Å². The van der Waals surface area contributed by atoms with E-state index in [9.17, 15) is 9.59 Å². The lowest BCUT2D eigenvalue weighted by Crippen LogP contribution is -2.04. The topological polar surface area (TPSA) is 110 Å². The second kappa shape index (κ2) is 7.31. The van der Waals surface area contributed by atoms with E-state index in [1.807, 2.05) is 0 Å². The summed E-state index contributed by atoms with van der Waals surface area (Å²) in [5, 5.41) is 24.7. The van der Waals surface area contributed by atoms with Gasteiger partial charge in [-0.3, -0.25) is 9.59 Å². The molecule has 2 amide bonds. The molecule has 0 aromatic carbocycles. The van der Waals surface area contributed by atoms with Crippen molar-refractivity contribution >= 4 is 44.8 Å². The van der Waals surface area contributed by atoms with Crippen LogP contribution in [0.3, 0.4) is 0 Å². The van der Waals surface area contributed by atoms with Crippen LogP contribution in [-0.4, -0.2) is 32.2 Å². The van der Waals surface area contributed by atoms with Gasteiger partial charge in [0, 0.05) is 26.2 Å². The van der Waals surface area contributed by atoms with E-state index >= 15 is 0 Å². The molecule has 3 rings (SSSR count). The highest BCUT2D eigenvalue weighted by atomic mass is 32.1. The molecule has 0 bridgehead atoms. The minimum Gasteiger partial charge on any atom is -0.301 e. The van der Waals surface area contributed by atoms with Gasteiger partial charge in [-0.2, -0.15) is 0 Å². The first-order valence-electron chi connectivity index (χ1n) is 7.70. The Morgan fingerprint density at radius 3 is 2.38 bits per heavy atom. The summed E-state index contributed by atoms with van der Waals surface area (Å²) in [6, 6.07) is 0. The van der Waals surface area contributed by atoms with Gasteiger partial charge in [-0.15, -0.1) is 20.4 Å². The molecular formula is C14H18N6O2S2. The van der Waals surface area contributed by atoms with E-state index in [2.05, 4.69) is 31.0 Å². The normalized spacial score (nSPS) is 20.1. The van der Waals surface area contributed by atoms with Crippen LogP contribution in [0.25, 0.3) is 0 Å². The standard InChI is InChI=1S/C14H18N6O2S2/c1-7(21)15-13-19-17-11(23-13)6-9-3-4-10(5-9)12-18-20-14(24-12)16-8(2)22/h9-10H,3-6H2,1-2H3,(H,15,19,21)(H,16,20,22). The van der Waals surface area contributed by atoms with E-state index in [4.69, 9.17) is 0 Å². The van der Waals surface area contributed by atoms with Gasteiger partial charge in [0.05, 0.1) is 0 Å². The summed E-state index contributed by atoms with van der Waals surface area (Å²) in [6.45, 7) is 2.92. The lowest BCUT2D eigenvalue weighted by atomic mass is 10.0. The molecule has 0 saturated heterocycles. The number of anilines is 2. The van der Waals surface area contributed by atoms with E-state index in [1.54, 1.807) is 0 Å². The molecule has 8 nitrogen and oxygen atoms in total. The summed E-state index contributed by atoms with van der Waals surface area (Å²) in [4.78, 5) is 22.1. The molecule has 2 atom stereocenters. The van der Waals surface area contributed by atoms with Crippen LogP contribution >= 0.6 is 22.7 Å². The Labute approximate surface area is 147 Å². The van der Waals surface area contributed by atoms with E-state index < -0.39 is 0 Å². The van der Waals surface area contributed by atoms with Crippen molar-refractivity contribution in [2.24, 2.45) is 5.92 Å². The zero-order valence-electron chi connectivity index (χ0n) is 13.4. The lowest BCUT2D eigenvalue weighted by molar-refractivity contribution is -0.115. The van der Waals surface area contributed by atoms with Gasteiger partial charge < -0.3 is 10.6 Å². The fraction of sp³-hybridized carbons (Fsp3) is 0.571. The molecular weight excluding hydrogens is 348 g/mol. The van der Waals surface area contributed by atoms with E-state index in [0.29, 0.717) is 22.1 Å². The Balaban J connectivity index is 1.55. The van der Waals surface area contributed by atoms with Crippen LogP contribution in [-0.2, 0) is 16.0 Å². The first-order chi connectivity index (χ1) is 11.5. The molecule has 2 aromatic rings. The van der Waals surface area contributed by atoms with E-state index in [-0.39, 0.29) is 11.8 Å². The fourth-order valence-electron chi connectivity index (χ4n) is 2.87. The molecule has 24 heavy (non-hydrogen) atoms. The van der Waals surface area contributed by atoms with Crippen molar-refractivity contribution in [3.8, 4) is 0 Å². The first kappa shape index (κ1) is 16.9. The van der Waals surface area contributed by atoms with Crippen molar-refractivity contribution in [1.82, 2.24) is 20.4 Å². The Morgan fingerprint density at radius 1 is 1.00 bits per heavy atom. The first-order valence-corrected chi connectivity index (χ1v) is 9.34. The highest BCUT2D eigenvalue weighted by molar-refractivity contribution is 7.15. The van der Waals surface area contributed by atoms with E-state index in [1.165, 1.54) is 36.5 Å². The predicted molar refractivity (Wildman–Crippen MR) is 92.2 cm³/mol. The van der Waals surface area contributed by atoms with Gasteiger partial charge in [-0.25, -0.2) is 0 Å². The molecule has 10 heteroatoms. The van der Waals surface area contributed by atoms with Gasteiger partial charge in [0.2, 0.25) is 22.1 Å². The predicted octanol–water partition coefficient (Wildman–Crippen LogP) is 2.43. The van der Waals surface area contributed by atoms with Gasteiger partial charge in [0.1, 0.15) is 10.0 Å². The Bertz CT molecular complexity index is 743. The molecule has 2 unspecified atom stereocenters. The van der Waals surface area contributed by atoms with Crippen molar-refractivity contribution in [1.29, 1.82) is 0 Å². The molecule has 2 heterocycles. The number of nitrogens with zero attached hydrogens (tertiary/aromatic N) is 4. The molecule has 2 aromatic heterocycles. The number of aromatic nitrogens is 4. The maximum atomic E-state index is 11.1. The lowest BCUT2D eigenvalue weighted by Gasteiger charge is -2.06. The van der Waals surface area contributed by atoms with Gasteiger partial charge in [-0.1, -0.05) is 22.7 Å². The number of amides is 2. The molecule has 0 radical (unpaired) electrons. The van der Waals surface area contributed by atoms with Crippen LogP contribution < -0.4 is 10.6 Å². The van der Waals surface area contributed by atoms with Crippen molar-refractivity contribution in [3.63, 3.8) is 0 Å². The van der Waals surface area contributed by atoms with Crippen molar-refractivity contribution < 1.29 is 9.59 Å². The SMILES string of the molecule is CC(=O)Nc1nnc(CC2CCC(c3nnc(NC(C)=O)s3)C2)s1. The maximum Gasteiger partial charge on any atom is 0.223 e. The van der Waals surface area contributed by atoms with Gasteiger partial charge in [0.25, 0.3) is 0 Å². The second-order valence-electron chi connectivity index (χ2n) is 5.89. The Kier molecular flexibility index (Phi) is 5.14. The van der Waals surface area contributed by atoms with Crippen LogP contribution in [0.5, 0.6) is 0 Å². The third-order valence-corrected chi connectivity index (χ3v) is 5.69. The largest absolute Gasteiger partial charge is 0.301 e. The number of carbonyl (C=O) groups excluding carboxylic acids is 2. The number of nitrogens with one attached hydrogen (secondary N) is 2. The molecule has 1 aliphatic carbocycles. The van der Waals surface area contributed by atoms with Crippen LogP contribution in [0.15, 0.2) is 0 Å². The Morgan fingerprint density at radius 2 is 1.67 bits per heavy atom. The monoisotopic (exact) mass is 366 g/mol. The third kappa shape index (κ3) is 4.32. The third-order valence-electron chi connectivity index (χ3n) is 3.83. The number of hydrogen-bond acceptors (Lipinski definition) is 8. The van der Waals surface area contributed by atoms with Crippen LogP contribution in [0, 0.1) is 5.92 Å². The van der Waals surface area contributed by atoms with Gasteiger partial charge in [0.15, 0.2) is 0 Å². The van der Waals surface area contributed by atoms with Crippen LogP contribution in [0.2, 0.25) is 0 Å². The molecule has 1 saturated carbocycles. The molecule has 1 fully saturated rings. The summed E-state index contributed by atoms with van der Waals surface area (Å²) >= 11 is 2.88. The Hall–Kier alpha value is -1.94. The summed E-state index contributed by atoms with van der Waals surface area (Å²) in [5.74, 6) is 0.650. The fourth-order valence-corrected chi connectivity index (χ4v) is 4.71. The summed E-state index contributed by atoms with van der Waals surface area (Å²) in [6.07, 6.45) is 4.07. The molecule has 1 aliphatic rings. The number of hydrogen-bond donors (Lipinski definition) is 2. The van der Waals surface area contributed by atoms with Gasteiger partial charge >= 0.3 is 0 Å². The minimum atomic E-state index is -0.134. The number of rotatable bonds is 5. The van der Waals surface area contributed by atoms with Crippen LogP contribution in [0.4, 0.5) is 10.3 Å². The number of carbonyl (C=O) groups is 2. The molecule has 128 valence electrons. The van der Waals surface area contributed by atoms with Crippen molar-refractivity contribution in [2.45, 2.75) is 45.4 Å². The summed E-state index contributed by atoms with van der Waals surface area (Å²) in [5.41, 5.74) is 0. The molecule has 2 N–H and O–H groups in total. The average molecular weight is 366 g/mol. The van der Waals surface area contributed by atoms with Crippen molar-refractivity contribution in [2.75, 3.05) is 10.6 Å². The zero-order valence-corrected chi connectivity index (χ0v) is 15.0. The summed E-state index contributed by atoms with van der Waals surface area (Å²) in [7, 11) is 0. The van der Waals surface area contributed by atoms with Crippen molar-refractivity contribution in [3.05, 3.63) is 10.0 Å². The van der Waals surface area contributed by atoms with Crippen LogP contribution in [0.1, 0.15) is 49.0 Å². The summed E-state index contributed by atoms with van der Waals surface area (Å²) < 4.78 is 0. The average Bonchev–Trinajstić information content (AvgIpc) is 3.19. The second-order valence-corrected chi connectivity index (χ2v) is 7.96. The smallest absolute Gasteiger partial charge is 0.223 e. The highest BCUT2D eigenvalue weighted by Crippen LogP contribution is 2.41. The quantitative estimate of drug-likeness (QED) is 0.841. The van der Waals surface area contributed by atoms with Gasteiger partial charge in [-0.05, 0) is 25.2 Å². The molecule has 0 spiro atoms. The highest BCUT2D eigenvalue weighted by Gasteiger charge is 2.29. The molecule has 0 aliphatic heterocycles. The minimum absolute atomic E-state index is 0.131. The maximum absolute atomic E-state index is 11.1.